The highest BCUT2D eigenvalue weighted by atomic mass is 16.6. The van der Waals surface area contributed by atoms with Crippen LogP contribution < -0.4 is 0 Å². The molecule has 1 N–H and O–H groups in total. The van der Waals surface area contributed by atoms with Crippen LogP contribution in [0.25, 0.3) is 0 Å². The number of carbonyl (C=O) groups excluding carboxylic acids is 2. The zero-order valence-corrected chi connectivity index (χ0v) is 33.5. The maximum atomic E-state index is 12.6. The van der Waals surface area contributed by atoms with E-state index in [0.29, 0.717) is 19.3 Å². The first-order valence-electron chi connectivity index (χ1n) is 20.0. The Morgan fingerprint density at radius 3 is 1.56 bits per heavy atom. The predicted octanol–water partition coefficient (Wildman–Crippen LogP) is 10.4. The highest BCUT2D eigenvalue weighted by molar-refractivity contribution is 5.72. The average Bonchev–Trinajstić information content (AvgIpc) is 3.09. The molecule has 0 fully saturated rings. The van der Waals surface area contributed by atoms with E-state index in [9.17, 15) is 19.5 Å². The van der Waals surface area contributed by atoms with Gasteiger partial charge in [-0.15, -0.1) is 0 Å². The Morgan fingerprint density at radius 1 is 0.596 bits per heavy atom. The van der Waals surface area contributed by atoms with Crippen LogP contribution in [-0.2, 0) is 28.6 Å². The lowest BCUT2D eigenvalue weighted by atomic mass is 10.1. The van der Waals surface area contributed by atoms with Crippen molar-refractivity contribution in [1.29, 1.82) is 0 Å². The third-order valence-corrected chi connectivity index (χ3v) is 8.38. The van der Waals surface area contributed by atoms with Gasteiger partial charge in [0.1, 0.15) is 6.61 Å². The van der Waals surface area contributed by atoms with Crippen LogP contribution in [0.5, 0.6) is 0 Å². The summed E-state index contributed by atoms with van der Waals surface area (Å²) in [6, 6.07) is -0.625. The van der Waals surface area contributed by atoms with Gasteiger partial charge in [0, 0.05) is 19.3 Å². The molecule has 0 aliphatic carbocycles. The molecule has 0 aromatic rings. The summed E-state index contributed by atoms with van der Waals surface area (Å²) in [6.45, 7) is 4.49. The maximum absolute atomic E-state index is 12.6. The molecule has 0 aliphatic heterocycles. The summed E-state index contributed by atoms with van der Waals surface area (Å²) in [5.74, 6) is -1.59. The first-order chi connectivity index (χ1) is 25.1. The number of carboxylic acids is 1. The molecule has 0 aliphatic rings. The highest BCUT2D eigenvalue weighted by Gasteiger charge is 2.31. The normalized spacial score (nSPS) is 13.8. The average molecular weight is 729 g/mol. The number of hydrogen-bond acceptors (Lipinski definition) is 6. The minimum absolute atomic E-state index is 0.0351. The molecular weight excluding hydrogens is 654 g/mol. The molecule has 2 unspecified atom stereocenters. The fourth-order valence-electron chi connectivity index (χ4n) is 5.29. The fraction of sp³-hybridized carbons (Fsp3) is 0.659. The lowest BCUT2D eigenvalue weighted by molar-refractivity contribution is -0.887. The number of hydrogen-bond donors (Lipinski definition) is 1. The molecule has 0 saturated heterocycles. The Balaban J connectivity index is 4.48. The van der Waals surface area contributed by atoms with Crippen LogP contribution in [0, 0.1) is 0 Å². The third kappa shape index (κ3) is 32.7. The Bertz CT molecular complexity index is 1080. The third-order valence-electron chi connectivity index (χ3n) is 8.38. The van der Waals surface area contributed by atoms with E-state index in [1.807, 2.05) is 33.3 Å². The van der Waals surface area contributed by atoms with Crippen LogP contribution in [0.4, 0.5) is 0 Å². The molecule has 52 heavy (non-hydrogen) atoms. The Kier molecular flexibility index (Phi) is 32.7. The molecule has 0 aromatic carbocycles. The van der Waals surface area contributed by atoms with Crippen LogP contribution in [0.1, 0.15) is 136 Å². The monoisotopic (exact) mass is 729 g/mol. The van der Waals surface area contributed by atoms with Crippen molar-refractivity contribution in [3.8, 4) is 0 Å². The number of unbranched alkanes of at least 4 members (excludes halogenated alkanes) is 8. The van der Waals surface area contributed by atoms with Gasteiger partial charge in [-0.2, -0.15) is 0 Å². The smallest absolute Gasteiger partial charge is 0.362 e. The molecule has 0 radical (unpaired) electrons. The molecule has 0 bridgehead atoms. The molecule has 0 heterocycles. The van der Waals surface area contributed by atoms with E-state index < -0.39 is 18.1 Å². The number of rotatable bonds is 34. The highest BCUT2D eigenvalue weighted by Crippen LogP contribution is 2.12. The van der Waals surface area contributed by atoms with E-state index in [1.165, 1.54) is 38.5 Å². The predicted molar refractivity (Wildman–Crippen MR) is 215 cm³/mol. The summed E-state index contributed by atoms with van der Waals surface area (Å²) in [4.78, 5) is 36.7. The van der Waals surface area contributed by atoms with Crippen LogP contribution in [0.2, 0.25) is 0 Å². The van der Waals surface area contributed by atoms with Crippen LogP contribution >= 0.6 is 0 Å². The molecule has 2 atom stereocenters. The van der Waals surface area contributed by atoms with Gasteiger partial charge in [0.05, 0.1) is 34.4 Å². The first kappa shape index (κ1) is 48.8. The molecule has 8 nitrogen and oxygen atoms in total. The maximum Gasteiger partial charge on any atom is 0.362 e. The number of ether oxygens (including phenoxy) is 3. The van der Waals surface area contributed by atoms with Gasteiger partial charge in [-0.3, -0.25) is 9.59 Å². The van der Waals surface area contributed by atoms with Crippen LogP contribution in [-0.4, -0.2) is 80.6 Å². The van der Waals surface area contributed by atoms with Gasteiger partial charge in [0.25, 0.3) is 0 Å². The number of quaternary nitrogens is 1. The van der Waals surface area contributed by atoms with Gasteiger partial charge in [0.15, 0.2) is 12.1 Å². The number of nitrogens with zero attached hydrogens (tertiary/aromatic N) is 1. The van der Waals surface area contributed by atoms with Crippen molar-refractivity contribution in [3.05, 3.63) is 72.9 Å². The van der Waals surface area contributed by atoms with E-state index in [0.717, 1.165) is 57.8 Å². The van der Waals surface area contributed by atoms with Gasteiger partial charge in [-0.25, -0.2) is 4.79 Å². The Labute approximate surface area is 317 Å². The lowest BCUT2D eigenvalue weighted by Gasteiger charge is -2.31. The van der Waals surface area contributed by atoms with Gasteiger partial charge in [0.2, 0.25) is 0 Å². The topological polar surface area (TPSA) is 99.1 Å². The van der Waals surface area contributed by atoms with Crippen molar-refractivity contribution < 1.29 is 38.2 Å². The largest absolute Gasteiger partial charge is 0.477 e. The van der Waals surface area contributed by atoms with Gasteiger partial charge < -0.3 is 23.8 Å². The van der Waals surface area contributed by atoms with Gasteiger partial charge in [-0.1, -0.05) is 138 Å². The molecule has 0 rings (SSSR count). The summed E-state index contributed by atoms with van der Waals surface area (Å²) in [7, 11) is 5.49. The molecule has 0 spiro atoms. The van der Waals surface area contributed by atoms with E-state index in [2.05, 4.69) is 74.6 Å². The van der Waals surface area contributed by atoms with Gasteiger partial charge in [-0.05, 0) is 51.4 Å². The summed E-state index contributed by atoms with van der Waals surface area (Å²) in [5, 5.41) is 9.58. The quantitative estimate of drug-likeness (QED) is 0.0305. The Hall–Kier alpha value is -3.23. The zero-order valence-electron chi connectivity index (χ0n) is 33.5. The molecular formula is C44H74NO7+. The number of esters is 2. The zero-order chi connectivity index (χ0) is 38.5. The van der Waals surface area contributed by atoms with Crippen molar-refractivity contribution in [2.24, 2.45) is 0 Å². The van der Waals surface area contributed by atoms with Crippen molar-refractivity contribution in [2.45, 2.75) is 148 Å². The van der Waals surface area contributed by atoms with Gasteiger partial charge >= 0.3 is 17.9 Å². The number of carbonyl (C=O) groups is 3. The number of likely N-dealkylation sites (N-methyl/N-ethyl adjacent to an activating group) is 1. The first-order valence-corrected chi connectivity index (χ1v) is 20.0. The molecule has 0 saturated carbocycles. The number of aliphatic carboxylic acids is 1. The number of carboxylic acid groups (broad SMARTS) is 1. The van der Waals surface area contributed by atoms with E-state index in [4.69, 9.17) is 14.2 Å². The summed E-state index contributed by atoms with van der Waals surface area (Å²) in [6.07, 6.45) is 42.5. The standard InChI is InChI=1S/C44H73NO7/c1-6-8-10-12-14-16-17-18-19-20-21-22-23-24-25-27-28-30-32-34-42(46)51-39-40(38-50-37-36-41(44(48)49)45(3,4)5)52-43(47)35-33-31-29-26-15-13-11-9-7-2/h8,10,14,16,18-19,21-22,24-25,28,30,40-41H,6-7,9,11-13,15,17,20,23,26-27,29,31-39H2,1-5H3/p+1/b10-8+,16-14+,19-18+,22-21+,25-24+,30-28+. The molecule has 0 aromatic heterocycles. The van der Waals surface area contributed by atoms with Crippen molar-refractivity contribution >= 4 is 17.9 Å². The van der Waals surface area contributed by atoms with Crippen molar-refractivity contribution in [2.75, 3.05) is 41.0 Å². The number of allylic oxidation sites excluding steroid dienone is 12. The summed E-state index contributed by atoms with van der Waals surface area (Å²) >= 11 is 0. The van der Waals surface area contributed by atoms with E-state index in [-0.39, 0.29) is 42.7 Å². The fourth-order valence-corrected chi connectivity index (χ4v) is 5.29. The van der Waals surface area contributed by atoms with Crippen molar-refractivity contribution in [3.63, 3.8) is 0 Å². The second-order valence-electron chi connectivity index (χ2n) is 14.2. The minimum Gasteiger partial charge on any atom is -0.477 e. The molecule has 0 amide bonds. The Morgan fingerprint density at radius 2 is 1.08 bits per heavy atom. The van der Waals surface area contributed by atoms with E-state index >= 15 is 0 Å². The lowest BCUT2D eigenvalue weighted by Crippen LogP contribution is -2.50. The molecule has 8 heteroatoms. The second kappa shape index (κ2) is 34.8. The summed E-state index contributed by atoms with van der Waals surface area (Å²) in [5.41, 5.74) is 0. The van der Waals surface area contributed by atoms with Crippen LogP contribution in [0.15, 0.2) is 72.9 Å². The van der Waals surface area contributed by atoms with E-state index in [1.54, 1.807) is 0 Å². The van der Waals surface area contributed by atoms with Crippen LogP contribution in [0.3, 0.4) is 0 Å². The minimum atomic E-state index is -0.888. The van der Waals surface area contributed by atoms with Crippen molar-refractivity contribution in [1.82, 2.24) is 0 Å². The molecule has 296 valence electrons. The SMILES string of the molecule is CC/C=C/C/C=C/C/C=C/C/C=C/C/C=C/C/C=C/CCC(=O)OCC(COCCC(C(=O)O)[N+](C)(C)C)OC(=O)CCCCCCCCCCC. The second-order valence-corrected chi connectivity index (χ2v) is 14.2. The summed E-state index contributed by atoms with van der Waals surface area (Å²) < 4.78 is 17.1.